The van der Waals surface area contributed by atoms with Gasteiger partial charge < -0.3 is 15.4 Å². The highest BCUT2D eigenvalue weighted by Crippen LogP contribution is 2.23. The van der Waals surface area contributed by atoms with Crippen LogP contribution in [0.4, 0.5) is 11.5 Å². The van der Waals surface area contributed by atoms with Crippen LogP contribution in [0.2, 0.25) is 0 Å². The van der Waals surface area contributed by atoms with Crippen LogP contribution in [-0.2, 0) is 4.74 Å². The van der Waals surface area contributed by atoms with Crippen molar-refractivity contribution in [1.29, 1.82) is 5.26 Å². The molecule has 0 amide bonds. The maximum Gasteiger partial charge on any atom is 0.340 e. The molecule has 0 radical (unpaired) electrons. The highest BCUT2D eigenvalue weighted by atomic mass is 16.5. The summed E-state index contributed by atoms with van der Waals surface area (Å²) in [5.41, 5.74) is 6.47. The van der Waals surface area contributed by atoms with E-state index >= 15 is 0 Å². The van der Waals surface area contributed by atoms with Crippen molar-refractivity contribution in [3.63, 3.8) is 0 Å². The minimum Gasteiger partial charge on any atom is -0.462 e. The van der Waals surface area contributed by atoms with Gasteiger partial charge in [-0.2, -0.15) is 5.26 Å². The van der Waals surface area contributed by atoms with Gasteiger partial charge in [0.25, 0.3) is 0 Å². The molecule has 0 aliphatic rings. The van der Waals surface area contributed by atoms with Gasteiger partial charge in [-0.15, -0.1) is 0 Å². The molecular formula is C12H16N4O2. The normalized spacial score (nSPS) is 9.61. The number of nitrogens with zero attached hydrogens (tertiary/aromatic N) is 3. The summed E-state index contributed by atoms with van der Waals surface area (Å²) in [6.07, 6.45) is 1.86. The molecule has 0 spiro atoms. The van der Waals surface area contributed by atoms with Crippen LogP contribution in [0.1, 0.15) is 23.7 Å². The molecule has 18 heavy (non-hydrogen) atoms. The third kappa shape index (κ3) is 3.10. The Bertz CT molecular complexity index is 468. The number of nitrogens with two attached hydrogens (primary N) is 1. The van der Waals surface area contributed by atoms with Crippen LogP contribution >= 0.6 is 0 Å². The van der Waals surface area contributed by atoms with Gasteiger partial charge in [-0.05, 0) is 13.0 Å². The van der Waals surface area contributed by atoms with E-state index in [1.54, 1.807) is 18.9 Å². The molecule has 1 aromatic heterocycles. The first-order valence-electron chi connectivity index (χ1n) is 5.61. The highest BCUT2D eigenvalue weighted by molar-refractivity contribution is 5.97. The fourth-order valence-corrected chi connectivity index (χ4v) is 1.48. The molecule has 6 nitrogen and oxygen atoms in total. The number of rotatable bonds is 5. The van der Waals surface area contributed by atoms with Crippen molar-refractivity contribution in [1.82, 2.24) is 4.98 Å². The fourth-order valence-electron chi connectivity index (χ4n) is 1.48. The average molecular weight is 248 g/mol. The topological polar surface area (TPSA) is 92.2 Å². The van der Waals surface area contributed by atoms with Gasteiger partial charge in [0.15, 0.2) is 5.82 Å². The number of anilines is 2. The van der Waals surface area contributed by atoms with Gasteiger partial charge in [0, 0.05) is 19.8 Å². The molecule has 6 heteroatoms. The average Bonchev–Trinajstić information content (AvgIpc) is 2.36. The van der Waals surface area contributed by atoms with Gasteiger partial charge in [0.05, 0.1) is 30.3 Å². The molecule has 1 rings (SSSR count). The SMILES string of the molecule is CCOC(=O)c1ccnc(N(C)CCC#N)c1N. The van der Waals surface area contributed by atoms with E-state index in [4.69, 9.17) is 15.7 Å². The zero-order valence-electron chi connectivity index (χ0n) is 10.5. The minimum atomic E-state index is -0.465. The Kier molecular flexibility index (Phi) is 4.93. The molecule has 1 aromatic rings. The number of nitriles is 1. The van der Waals surface area contributed by atoms with Gasteiger partial charge in [0.1, 0.15) is 0 Å². The molecule has 0 saturated carbocycles. The van der Waals surface area contributed by atoms with Crippen LogP contribution in [0.5, 0.6) is 0 Å². The second kappa shape index (κ2) is 6.45. The van der Waals surface area contributed by atoms with E-state index in [0.29, 0.717) is 31.0 Å². The summed E-state index contributed by atoms with van der Waals surface area (Å²) in [6.45, 7) is 2.52. The van der Waals surface area contributed by atoms with Crippen molar-refractivity contribution < 1.29 is 9.53 Å². The van der Waals surface area contributed by atoms with Crippen molar-refractivity contribution >= 4 is 17.5 Å². The first kappa shape index (κ1) is 13.8. The maximum atomic E-state index is 11.7. The molecule has 0 saturated heterocycles. The Morgan fingerprint density at radius 1 is 1.67 bits per heavy atom. The molecule has 0 aliphatic carbocycles. The summed E-state index contributed by atoms with van der Waals surface area (Å²) >= 11 is 0. The maximum absolute atomic E-state index is 11.7. The summed E-state index contributed by atoms with van der Waals surface area (Å²) in [7, 11) is 1.77. The quantitative estimate of drug-likeness (QED) is 0.787. The van der Waals surface area contributed by atoms with E-state index in [1.807, 2.05) is 6.07 Å². The van der Waals surface area contributed by atoms with Crippen LogP contribution in [0.3, 0.4) is 0 Å². The molecule has 0 atom stereocenters. The monoisotopic (exact) mass is 248 g/mol. The molecular weight excluding hydrogens is 232 g/mol. The second-order valence-corrected chi connectivity index (χ2v) is 3.65. The first-order chi connectivity index (χ1) is 8.61. The molecule has 0 aliphatic heterocycles. The summed E-state index contributed by atoms with van der Waals surface area (Å²) in [4.78, 5) is 17.5. The number of esters is 1. The number of nitrogen functional groups attached to an aromatic ring is 1. The van der Waals surface area contributed by atoms with E-state index in [9.17, 15) is 4.79 Å². The summed E-state index contributed by atoms with van der Waals surface area (Å²) in [6, 6.07) is 3.57. The molecule has 0 unspecified atom stereocenters. The van der Waals surface area contributed by atoms with Gasteiger partial charge in [-0.3, -0.25) is 0 Å². The zero-order valence-corrected chi connectivity index (χ0v) is 10.5. The van der Waals surface area contributed by atoms with Crippen molar-refractivity contribution in [3.05, 3.63) is 17.8 Å². The Morgan fingerprint density at radius 2 is 2.39 bits per heavy atom. The Labute approximate surface area is 106 Å². The Hall–Kier alpha value is -2.29. The van der Waals surface area contributed by atoms with Crippen molar-refractivity contribution in [2.75, 3.05) is 30.8 Å². The number of ether oxygens (including phenoxy) is 1. The van der Waals surface area contributed by atoms with Gasteiger partial charge in [-0.25, -0.2) is 9.78 Å². The number of pyridine rings is 1. The lowest BCUT2D eigenvalue weighted by Gasteiger charge is -2.19. The van der Waals surface area contributed by atoms with Gasteiger partial charge in [0.2, 0.25) is 0 Å². The first-order valence-corrected chi connectivity index (χ1v) is 5.61. The second-order valence-electron chi connectivity index (χ2n) is 3.65. The Balaban J connectivity index is 2.98. The molecule has 0 bridgehead atoms. The number of hydrogen-bond donors (Lipinski definition) is 1. The van der Waals surface area contributed by atoms with Crippen LogP contribution in [0.25, 0.3) is 0 Å². The smallest absolute Gasteiger partial charge is 0.340 e. The summed E-state index contributed by atoms with van der Waals surface area (Å²) < 4.78 is 4.91. The third-order valence-corrected chi connectivity index (χ3v) is 2.39. The number of hydrogen-bond acceptors (Lipinski definition) is 6. The zero-order chi connectivity index (χ0) is 13.5. The lowest BCUT2D eigenvalue weighted by atomic mass is 10.2. The van der Waals surface area contributed by atoms with E-state index < -0.39 is 5.97 Å². The lowest BCUT2D eigenvalue weighted by molar-refractivity contribution is 0.0527. The Morgan fingerprint density at radius 3 is 3.00 bits per heavy atom. The van der Waals surface area contributed by atoms with Crippen LogP contribution in [-0.4, -0.2) is 31.2 Å². The number of carbonyl (C=O) groups excluding carboxylic acids is 1. The van der Waals surface area contributed by atoms with E-state index in [0.717, 1.165) is 0 Å². The van der Waals surface area contributed by atoms with Gasteiger partial charge in [-0.1, -0.05) is 0 Å². The van der Waals surface area contributed by atoms with Crippen molar-refractivity contribution in [2.24, 2.45) is 0 Å². The highest BCUT2D eigenvalue weighted by Gasteiger charge is 2.16. The van der Waals surface area contributed by atoms with Crippen LogP contribution < -0.4 is 10.6 Å². The third-order valence-electron chi connectivity index (χ3n) is 2.39. The number of aromatic nitrogens is 1. The largest absolute Gasteiger partial charge is 0.462 e. The minimum absolute atomic E-state index is 0.274. The molecule has 96 valence electrons. The van der Waals surface area contributed by atoms with Gasteiger partial charge >= 0.3 is 5.97 Å². The summed E-state index contributed by atoms with van der Waals surface area (Å²) in [5.74, 6) is 0.0168. The number of carbonyl (C=O) groups is 1. The standard InChI is InChI=1S/C12H16N4O2/c1-3-18-12(17)9-5-7-15-11(10(9)14)16(2)8-4-6-13/h5,7H,3-4,8,14H2,1-2H3. The predicted octanol–water partition coefficient (Wildman–Crippen LogP) is 1.19. The van der Waals surface area contributed by atoms with Crippen molar-refractivity contribution in [2.45, 2.75) is 13.3 Å². The lowest BCUT2D eigenvalue weighted by Crippen LogP contribution is -2.22. The summed E-state index contributed by atoms with van der Waals surface area (Å²) in [5, 5.41) is 8.54. The van der Waals surface area contributed by atoms with Crippen LogP contribution in [0, 0.1) is 11.3 Å². The molecule has 0 aromatic carbocycles. The predicted molar refractivity (Wildman–Crippen MR) is 68.1 cm³/mol. The molecule has 2 N–H and O–H groups in total. The van der Waals surface area contributed by atoms with E-state index in [1.165, 1.54) is 12.3 Å². The molecule has 0 fully saturated rings. The van der Waals surface area contributed by atoms with E-state index in [2.05, 4.69) is 4.98 Å². The molecule has 1 heterocycles. The van der Waals surface area contributed by atoms with Crippen LogP contribution in [0.15, 0.2) is 12.3 Å². The fraction of sp³-hybridized carbons (Fsp3) is 0.417. The van der Waals surface area contributed by atoms with Crippen molar-refractivity contribution in [3.8, 4) is 6.07 Å². The van der Waals surface area contributed by atoms with E-state index in [-0.39, 0.29) is 5.69 Å².